The first-order chi connectivity index (χ1) is 8.25. The van der Waals surface area contributed by atoms with Crippen LogP contribution in [-0.4, -0.2) is 26.9 Å². The molecule has 1 rings (SSSR count). The largest absolute Gasteiger partial charge is 0.480 e. The zero-order chi connectivity index (χ0) is 14.0. The van der Waals surface area contributed by atoms with Crippen LogP contribution >= 0.6 is 0 Å². The van der Waals surface area contributed by atoms with E-state index in [1.165, 1.54) is 0 Å². The molecule has 1 aromatic heterocycles. The molecule has 0 saturated heterocycles. The molecule has 1 aromatic rings. The summed E-state index contributed by atoms with van der Waals surface area (Å²) in [7, 11) is 1.90. The molecule has 0 fully saturated rings. The van der Waals surface area contributed by atoms with Crippen LogP contribution in [0, 0.1) is 19.8 Å². The van der Waals surface area contributed by atoms with Gasteiger partial charge < -0.3 is 5.11 Å². The van der Waals surface area contributed by atoms with Crippen LogP contribution < -0.4 is 5.32 Å². The Morgan fingerprint density at radius 3 is 2.22 bits per heavy atom. The van der Waals surface area contributed by atoms with E-state index in [-0.39, 0.29) is 12.0 Å². The van der Waals surface area contributed by atoms with Gasteiger partial charge in [-0.25, -0.2) is 0 Å². The van der Waals surface area contributed by atoms with Gasteiger partial charge in [0.1, 0.15) is 6.04 Å². The Hall–Kier alpha value is -1.36. The average molecular weight is 253 g/mol. The number of aliphatic carboxylic acids is 1. The highest BCUT2D eigenvalue weighted by Crippen LogP contribution is 2.22. The third kappa shape index (κ3) is 2.90. The van der Waals surface area contributed by atoms with E-state index in [9.17, 15) is 9.90 Å². The number of carbonyl (C=O) groups is 1. The van der Waals surface area contributed by atoms with E-state index in [0.29, 0.717) is 0 Å². The van der Waals surface area contributed by atoms with Crippen LogP contribution in [0.1, 0.15) is 43.8 Å². The molecule has 1 heterocycles. The molecule has 0 aromatic carbocycles. The number of nitrogens with zero attached hydrogens (tertiary/aromatic N) is 2. The fraction of sp³-hybridized carbons (Fsp3) is 0.692. The van der Waals surface area contributed by atoms with Gasteiger partial charge in [0.2, 0.25) is 0 Å². The predicted octanol–water partition coefficient (Wildman–Crippen LogP) is 1.80. The molecule has 5 heteroatoms. The topological polar surface area (TPSA) is 67.2 Å². The Bertz CT molecular complexity index is 438. The quantitative estimate of drug-likeness (QED) is 0.839. The number of carboxylic acid groups (broad SMARTS) is 1. The van der Waals surface area contributed by atoms with Gasteiger partial charge in [-0.15, -0.1) is 0 Å². The number of carboxylic acids is 1. The van der Waals surface area contributed by atoms with Crippen molar-refractivity contribution in [3.8, 4) is 0 Å². The summed E-state index contributed by atoms with van der Waals surface area (Å²) >= 11 is 0. The van der Waals surface area contributed by atoms with Gasteiger partial charge >= 0.3 is 5.97 Å². The molecule has 0 aliphatic rings. The second-order valence-electron chi connectivity index (χ2n) is 5.16. The predicted molar refractivity (Wildman–Crippen MR) is 70.5 cm³/mol. The van der Waals surface area contributed by atoms with E-state index in [1.54, 1.807) is 0 Å². The maximum atomic E-state index is 11.2. The molecule has 0 amide bonds. The van der Waals surface area contributed by atoms with Gasteiger partial charge in [-0.3, -0.25) is 14.8 Å². The third-order valence-corrected chi connectivity index (χ3v) is 3.36. The molecular formula is C13H23N3O2. The average Bonchev–Trinajstić information content (AvgIpc) is 2.48. The van der Waals surface area contributed by atoms with E-state index in [0.717, 1.165) is 17.0 Å². The van der Waals surface area contributed by atoms with Crippen molar-refractivity contribution in [1.29, 1.82) is 0 Å². The van der Waals surface area contributed by atoms with Gasteiger partial charge in [-0.2, -0.15) is 5.10 Å². The number of nitrogens with one attached hydrogen (secondary N) is 1. The summed E-state index contributed by atoms with van der Waals surface area (Å²) in [6, 6.07) is -0.568. The number of hydrogen-bond donors (Lipinski definition) is 2. The highest BCUT2D eigenvalue weighted by molar-refractivity contribution is 5.73. The molecule has 5 nitrogen and oxygen atoms in total. The number of hydrogen-bond acceptors (Lipinski definition) is 3. The van der Waals surface area contributed by atoms with E-state index >= 15 is 0 Å². The first-order valence-electron chi connectivity index (χ1n) is 6.24. The Kier molecular flexibility index (Phi) is 4.51. The Labute approximate surface area is 108 Å². The summed E-state index contributed by atoms with van der Waals surface area (Å²) < 4.78 is 1.83. The fourth-order valence-electron chi connectivity index (χ4n) is 2.32. The maximum absolute atomic E-state index is 11.2. The SMILES string of the molecule is Cc1nn(C)c(C)c1C(C)NC(C(=O)O)C(C)C. The molecule has 0 bridgehead atoms. The summed E-state index contributed by atoms with van der Waals surface area (Å²) in [5.74, 6) is -0.765. The van der Waals surface area contributed by atoms with Crippen molar-refractivity contribution in [3.05, 3.63) is 17.0 Å². The molecule has 0 aliphatic carbocycles. The minimum absolute atomic E-state index is 0.0257. The molecule has 2 N–H and O–H groups in total. The highest BCUT2D eigenvalue weighted by Gasteiger charge is 2.25. The molecular weight excluding hydrogens is 230 g/mol. The zero-order valence-corrected chi connectivity index (χ0v) is 12.0. The lowest BCUT2D eigenvalue weighted by Gasteiger charge is -2.23. The summed E-state index contributed by atoms with van der Waals surface area (Å²) in [6.45, 7) is 9.74. The minimum atomic E-state index is -0.809. The Morgan fingerprint density at radius 2 is 1.89 bits per heavy atom. The van der Waals surface area contributed by atoms with E-state index in [2.05, 4.69) is 10.4 Å². The Morgan fingerprint density at radius 1 is 1.33 bits per heavy atom. The first-order valence-corrected chi connectivity index (χ1v) is 6.24. The van der Waals surface area contributed by atoms with Crippen LogP contribution in [-0.2, 0) is 11.8 Å². The zero-order valence-electron chi connectivity index (χ0n) is 12.0. The van der Waals surface area contributed by atoms with Crippen molar-refractivity contribution in [2.24, 2.45) is 13.0 Å². The molecule has 102 valence electrons. The normalized spacial score (nSPS) is 14.8. The van der Waals surface area contributed by atoms with Crippen LogP contribution in [0.4, 0.5) is 0 Å². The summed E-state index contributed by atoms with van der Waals surface area (Å²) in [6.07, 6.45) is 0. The summed E-state index contributed by atoms with van der Waals surface area (Å²) in [5.41, 5.74) is 3.10. The summed E-state index contributed by atoms with van der Waals surface area (Å²) in [4.78, 5) is 11.2. The lowest BCUT2D eigenvalue weighted by Crippen LogP contribution is -2.42. The van der Waals surface area contributed by atoms with Gasteiger partial charge in [-0.1, -0.05) is 13.8 Å². The molecule has 0 aliphatic heterocycles. The third-order valence-electron chi connectivity index (χ3n) is 3.36. The molecule has 0 spiro atoms. The second-order valence-corrected chi connectivity index (χ2v) is 5.16. The molecule has 2 unspecified atom stereocenters. The monoisotopic (exact) mass is 253 g/mol. The van der Waals surface area contributed by atoms with Crippen molar-refractivity contribution >= 4 is 5.97 Å². The van der Waals surface area contributed by atoms with Gasteiger partial charge in [0.25, 0.3) is 0 Å². The molecule has 2 atom stereocenters. The van der Waals surface area contributed by atoms with Crippen LogP contribution in [0.25, 0.3) is 0 Å². The van der Waals surface area contributed by atoms with Crippen LogP contribution in [0.3, 0.4) is 0 Å². The van der Waals surface area contributed by atoms with E-state index < -0.39 is 12.0 Å². The van der Waals surface area contributed by atoms with Gasteiger partial charge in [0, 0.05) is 24.3 Å². The standard InChI is InChI=1S/C13H23N3O2/c1-7(2)12(13(17)18)14-8(3)11-9(4)15-16(6)10(11)5/h7-8,12,14H,1-6H3,(H,17,18). The maximum Gasteiger partial charge on any atom is 0.320 e. The van der Waals surface area contributed by atoms with Crippen molar-refractivity contribution in [3.63, 3.8) is 0 Å². The van der Waals surface area contributed by atoms with Crippen LogP contribution in [0.15, 0.2) is 0 Å². The number of rotatable bonds is 5. The molecule has 0 radical (unpaired) electrons. The summed E-state index contributed by atoms with van der Waals surface area (Å²) in [5, 5.41) is 16.7. The molecule has 18 heavy (non-hydrogen) atoms. The van der Waals surface area contributed by atoms with Crippen LogP contribution in [0.2, 0.25) is 0 Å². The lowest BCUT2D eigenvalue weighted by atomic mass is 10.0. The highest BCUT2D eigenvalue weighted by atomic mass is 16.4. The first kappa shape index (κ1) is 14.7. The van der Waals surface area contributed by atoms with Crippen molar-refractivity contribution in [2.45, 2.75) is 46.7 Å². The van der Waals surface area contributed by atoms with Crippen LogP contribution in [0.5, 0.6) is 0 Å². The number of aryl methyl sites for hydroxylation is 2. The second kappa shape index (κ2) is 5.52. The van der Waals surface area contributed by atoms with Gasteiger partial charge in [0.05, 0.1) is 5.69 Å². The minimum Gasteiger partial charge on any atom is -0.480 e. The van der Waals surface area contributed by atoms with Gasteiger partial charge in [0.15, 0.2) is 0 Å². The lowest BCUT2D eigenvalue weighted by molar-refractivity contribution is -0.140. The van der Waals surface area contributed by atoms with Gasteiger partial charge in [-0.05, 0) is 26.7 Å². The van der Waals surface area contributed by atoms with Crippen molar-refractivity contribution < 1.29 is 9.90 Å². The number of aromatic nitrogens is 2. The van der Waals surface area contributed by atoms with Crippen molar-refractivity contribution in [2.75, 3.05) is 0 Å². The van der Waals surface area contributed by atoms with E-state index in [1.807, 2.05) is 46.3 Å². The van der Waals surface area contributed by atoms with Crippen molar-refractivity contribution in [1.82, 2.24) is 15.1 Å². The smallest absolute Gasteiger partial charge is 0.320 e. The fourth-order valence-corrected chi connectivity index (χ4v) is 2.32. The van der Waals surface area contributed by atoms with E-state index in [4.69, 9.17) is 0 Å². The molecule has 0 saturated carbocycles. The Balaban J connectivity index is 2.94.